The lowest BCUT2D eigenvalue weighted by Gasteiger charge is -2.02. The van der Waals surface area contributed by atoms with Crippen molar-refractivity contribution in [3.63, 3.8) is 0 Å². The van der Waals surface area contributed by atoms with Crippen LogP contribution < -0.4 is 9.47 Å². The fourth-order valence-corrected chi connectivity index (χ4v) is 2.26. The molecule has 1 heterocycles. The number of furan rings is 1. The van der Waals surface area contributed by atoms with Gasteiger partial charge in [-0.15, -0.1) is 0 Å². The Morgan fingerprint density at radius 2 is 1.80 bits per heavy atom. The molecule has 0 bridgehead atoms. The third-order valence-corrected chi connectivity index (χ3v) is 3.56. The summed E-state index contributed by atoms with van der Waals surface area (Å²) in [5, 5.41) is 0. The predicted molar refractivity (Wildman–Crippen MR) is 95.8 cm³/mol. The topological polar surface area (TPSA) is 48.7 Å². The lowest BCUT2D eigenvalue weighted by molar-refractivity contribution is 0.104. The van der Waals surface area contributed by atoms with Crippen LogP contribution in [0.4, 0.5) is 0 Å². The normalized spacial score (nSPS) is 10.8. The molecule has 3 rings (SSSR count). The number of hydrogen-bond acceptors (Lipinski definition) is 4. The molecule has 0 aliphatic rings. The van der Waals surface area contributed by atoms with Gasteiger partial charge in [0.2, 0.25) is 0 Å². The molecule has 25 heavy (non-hydrogen) atoms. The Labute approximate surface area is 146 Å². The van der Waals surface area contributed by atoms with Gasteiger partial charge in [-0.3, -0.25) is 4.79 Å². The average Bonchev–Trinajstić information content (AvgIpc) is 3.13. The van der Waals surface area contributed by atoms with E-state index in [4.69, 9.17) is 13.9 Å². The van der Waals surface area contributed by atoms with Crippen molar-refractivity contribution < 1.29 is 18.7 Å². The Kier molecular flexibility index (Phi) is 5.32. The van der Waals surface area contributed by atoms with Crippen molar-refractivity contribution in [3.05, 3.63) is 89.9 Å². The Hall–Kier alpha value is -3.27. The molecule has 0 amide bonds. The highest BCUT2D eigenvalue weighted by molar-refractivity contribution is 6.06. The Morgan fingerprint density at radius 1 is 1.00 bits per heavy atom. The summed E-state index contributed by atoms with van der Waals surface area (Å²) in [5.41, 5.74) is 0.565. The summed E-state index contributed by atoms with van der Waals surface area (Å²) in [6.45, 7) is 0.335. The van der Waals surface area contributed by atoms with Gasteiger partial charge in [-0.25, -0.2) is 0 Å². The molecule has 3 aromatic rings. The summed E-state index contributed by atoms with van der Waals surface area (Å²) in [7, 11) is 1.57. The van der Waals surface area contributed by atoms with Crippen molar-refractivity contribution in [2.24, 2.45) is 0 Å². The van der Waals surface area contributed by atoms with Crippen LogP contribution in [0.15, 0.2) is 77.2 Å². The minimum absolute atomic E-state index is 0.114. The fourth-order valence-electron chi connectivity index (χ4n) is 2.26. The van der Waals surface area contributed by atoms with Gasteiger partial charge in [-0.2, -0.15) is 0 Å². The van der Waals surface area contributed by atoms with Crippen LogP contribution in [0.25, 0.3) is 6.08 Å². The zero-order valence-electron chi connectivity index (χ0n) is 13.8. The molecule has 0 radical (unpaired) electrons. The first-order valence-electron chi connectivity index (χ1n) is 7.87. The molecule has 0 fully saturated rings. The summed E-state index contributed by atoms with van der Waals surface area (Å²) in [4.78, 5) is 12.2. The second-order valence-corrected chi connectivity index (χ2v) is 5.34. The maximum atomic E-state index is 12.2. The van der Waals surface area contributed by atoms with Gasteiger partial charge in [0, 0.05) is 5.56 Å². The van der Waals surface area contributed by atoms with E-state index >= 15 is 0 Å². The molecule has 4 nitrogen and oxygen atoms in total. The van der Waals surface area contributed by atoms with E-state index in [1.807, 2.05) is 36.4 Å². The van der Waals surface area contributed by atoms with E-state index in [0.29, 0.717) is 29.4 Å². The quantitative estimate of drug-likeness (QED) is 0.461. The molecule has 0 saturated heterocycles. The van der Waals surface area contributed by atoms with Gasteiger partial charge in [0.1, 0.15) is 29.6 Å². The van der Waals surface area contributed by atoms with E-state index in [9.17, 15) is 4.79 Å². The third kappa shape index (κ3) is 4.61. The lowest BCUT2D eigenvalue weighted by Crippen LogP contribution is -1.94. The van der Waals surface area contributed by atoms with Crippen LogP contribution in [-0.4, -0.2) is 12.9 Å². The molecule has 0 atom stereocenters. The molecule has 0 N–H and O–H groups in total. The van der Waals surface area contributed by atoms with Gasteiger partial charge in [0.25, 0.3) is 0 Å². The number of carbonyl (C=O) groups excluding carboxylic acids is 1. The van der Waals surface area contributed by atoms with Crippen molar-refractivity contribution in [2.75, 3.05) is 7.11 Å². The first kappa shape index (κ1) is 16.6. The van der Waals surface area contributed by atoms with Gasteiger partial charge >= 0.3 is 0 Å². The van der Waals surface area contributed by atoms with Crippen molar-refractivity contribution in [1.29, 1.82) is 0 Å². The predicted octanol–water partition coefficient (Wildman–Crippen LogP) is 4.76. The summed E-state index contributed by atoms with van der Waals surface area (Å²) < 4.78 is 16.4. The molecule has 1 aromatic heterocycles. The zero-order valence-corrected chi connectivity index (χ0v) is 13.8. The Bertz CT molecular complexity index is 862. The number of para-hydroxylation sites is 1. The third-order valence-electron chi connectivity index (χ3n) is 3.56. The molecule has 2 aromatic carbocycles. The SMILES string of the molecule is COc1cccc(C(=O)/C=C/c2ccc(COc3ccccc3)o2)c1. The number of benzene rings is 2. The van der Waals surface area contributed by atoms with Gasteiger partial charge in [0.05, 0.1) is 7.11 Å². The van der Waals surface area contributed by atoms with E-state index in [1.54, 1.807) is 43.5 Å². The second-order valence-electron chi connectivity index (χ2n) is 5.34. The number of hydrogen-bond donors (Lipinski definition) is 0. The summed E-state index contributed by atoms with van der Waals surface area (Å²) in [6, 6.07) is 20.2. The first-order chi connectivity index (χ1) is 12.2. The maximum absolute atomic E-state index is 12.2. The summed E-state index contributed by atoms with van der Waals surface area (Å²) in [6.07, 6.45) is 3.13. The van der Waals surface area contributed by atoms with Gasteiger partial charge in [0.15, 0.2) is 5.78 Å². The first-order valence-corrected chi connectivity index (χ1v) is 7.87. The standard InChI is InChI=1S/C21H18O4/c1-23-19-9-5-6-16(14-19)21(22)13-12-18-10-11-20(25-18)15-24-17-7-3-2-4-8-17/h2-14H,15H2,1H3/b13-12+. The smallest absolute Gasteiger partial charge is 0.186 e. The molecule has 4 heteroatoms. The van der Waals surface area contributed by atoms with E-state index in [0.717, 1.165) is 5.75 Å². The highest BCUT2D eigenvalue weighted by Gasteiger charge is 2.05. The Morgan fingerprint density at radius 3 is 2.60 bits per heavy atom. The van der Waals surface area contributed by atoms with Crippen molar-refractivity contribution in [3.8, 4) is 11.5 Å². The number of ether oxygens (including phenoxy) is 2. The minimum Gasteiger partial charge on any atom is -0.497 e. The highest BCUT2D eigenvalue weighted by atomic mass is 16.5. The van der Waals surface area contributed by atoms with Gasteiger partial charge < -0.3 is 13.9 Å². The minimum atomic E-state index is -0.114. The fraction of sp³-hybridized carbons (Fsp3) is 0.0952. The van der Waals surface area contributed by atoms with Crippen LogP contribution in [0.2, 0.25) is 0 Å². The molecule has 0 aliphatic heterocycles. The van der Waals surface area contributed by atoms with Crippen LogP contribution in [0.3, 0.4) is 0 Å². The molecule has 0 aliphatic carbocycles. The molecule has 126 valence electrons. The number of rotatable bonds is 7. The van der Waals surface area contributed by atoms with Gasteiger partial charge in [-0.05, 0) is 48.6 Å². The number of methoxy groups -OCH3 is 1. The number of carbonyl (C=O) groups is 1. The summed E-state index contributed by atoms with van der Waals surface area (Å²) >= 11 is 0. The second kappa shape index (κ2) is 8.02. The average molecular weight is 334 g/mol. The molecular formula is C21H18O4. The maximum Gasteiger partial charge on any atom is 0.186 e. The van der Waals surface area contributed by atoms with E-state index in [1.165, 1.54) is 6.08 Å². The molecule has 0 saturated carbocycles. The monoisotopic (exact) mass is 334 g/mol. The Balaban J connectivity index is 1.60. The van der Waals surface area contributed by atoms with Crippen LogP contribution in [0.5, 0.6) is 11.5 Å². The van der Waals surface area contributed by atoms with Crippen LogP contribution in [0.1, 0.15) is 21.9 Å². The highest BCUT2D eigenvalue weighted by Crippen LogP contribution is 2.16. The van der Waals surface area contributed by atoms with Crippen LogP contribution >= 0.6 is 0 Å². The van der Waals surface area contributed by atoms with Crippen LogP contribution in [-0.2, 0) is 6.61 Å². The largest absolute Gasteiger partial charge is 0.497 e. The van der Waals surface area contributed by atoms with Gasteiger partial charge in [-0.1, -0.05) is 30.3 Å². The number of allylic oxidation sites excluding steroid dienone is 1. The van der Waals surface area contributed by atoms with E-state index < -0.39 is 0 Å². The van der Waals surface area contributed by atoms with Crippen molar-refractivity contribution in [2.45, 2.75) is 6.61 Å². The van der Waals surface area contributed by atoms with Crippen molar-refractivity contribution in [1.82, 2.24) is 0 Å². The molecule has 0 unspecified atom stereocenters. The molecule has 0 spiro atoms. The number of ketones is 1. The zero-order chi connectivity index (χ0) is 17.5. The van der Waals surface area contributed by atoms with Crippen molar-refractivity contribution >= 4 is 11.9 Å². The lowest BCUT2D eigenvalue weighted by atomic mass is 10.1. The molecular weight excluding hydrogens is 316 g/mol. The van der Waals surface area contributed by atoms with E-state index in [2.05, 4.69) is 0 Å². The van der Waals surface area contributed by atoms with E-state index in [-0.39, 0.29) is 5.78 Å². The summed E-state index contributed by atoms with van der Waals surface area (Å²) in [5.74, 6) is 2.61. The van der Waals surface area contributed by atoms with Crippen LogP contribution in [0, 0.1) is 0 Å².